The van der Waals surface area contributed by atoms with E-state index < -0.39 is 15.6 Å². The highest BCUT2D eigenvalue weighted by Crippen LogP contribution is 2.35. The van der Waals surface area contributed by atoms with Gasteiger partial charge in [-0.1, -0.05) is 0 Å². The van der Waals surface area contributed by atoms with Gasteiger partial charge < -0.3 is 4.98 Å². The van der Waals surface area contributed by atoms with Crippen LogP contribution in [0, 0.1) is 11.3 Å². The number of nitrogens with zero attached hydrogens (tertiary/aromatic N) is 6. The van der Waals surface area contributed by atoms with Crippen LogP contribution in [-0.2, 0) is 10.0 Å². The maximum Gasteiger partial charge on any atom is 0.213 e. The van der Waals surface area contributed by atoms with Gasteiger partial charge in [-0.2, -0.15) is 14.7 Å². The highest BCUT2D eigenvalue weighted by molar-refractivity contribution is 7.89. The highest BCUT2D eigenvalue weighted by Gasteiger charge is 2.51. The fraction of sp³-hybridized carbons (Fsp3) is 0.412. The summed E-state index contributed by atoms with van der Waals surface area (Å²) in [5.74, 6) is 0.0262. The Hall–Kier alpha value is -2.77. The molecule has 9 nitrogen and oxygen atoms in total. The van der Waals surface area contributed by atoms with Crippen molar-refractivity contribution in [3.63, 3.8) is 0 Å². The van der Waals surface area contributed by atoms with Crippen LogP contribution in [0.5, 0.6) is 0 Å². The van der Waals surface area contributed by atoms with Crippen molar-refractivity contribution in [2.45, 2.75) is 25.8 Å². The van der Waals surface area contributed by atoms with Gasteiger partial charge in [0, 0.05) is 37.6 Å². The molecule has 0 unspecified atom stereocenters. The molecule has 0 spiro atoms. The lowest BCUT2D eigenvalue weighted by atomic mass is 9.88. The second-order valence-electron chi connectivity index (χ2n) is 6.49. The molecule has 0 amide bonds. The third-order valence-electron chi connectivity index (χ3n) is 4.79. The van der Waals surface area contributed by atoms with Crippen molar-refractivity contribution in [1.82, 2.24) is 24.3 Å². The molecule has 0 aromatic carbocycles. The van der Waals surface area contributed by atoms with E-state index >= 15 is 0 Å². The Morgan fingerprint density at radius 2 is 2.30 bits per heavy atom. The molecule has 27 heavy (non-hydrogen) atoms. The lowest BCUT2D eigenvalue weighted by molar-refractivity contribution is 0.0259. The van der Waals surface area contributed by atoms with Gasteiger partial charge in [-0.05, 0) is 25.5 Å². The SMILES string of the molecule is C=NN(C=C(C)c1ncnc2[nH]ccc12)C1(CC#N)CN(S(=O)(=O)CC)C1. The second kappa shape index (κ2) is 7.09. The second-order valence-corrected chi connectivity index (χ2v) is 8.75. The van der Waals surface area contributed by atoms with Crippen LogP contribution in [0.2, 0.25) is 0 Å². The maximum absolute atomic E-state index is 12.1. The number of H-pyrrole nitrogens is 1. The maximum atomic E-state index is 12.1. The monoisotopic (exact) mass is 387 g/mol. The zero-order valence-electron chi connectivity index (χ0n) is 15.3. The first-order valence-corrected chi connectivity index (χ1v) is 10.1. The van der Waals surface area contributed by atoms with E-state index in [1.807, 2.05) is 13.0 Å². The first-order valence-electron chi connectivity index (χ1n) is 8.44. The molecule has 2 aromatic heterocycles. The third kappa shape index (κ3) is 3.31. The Bertz CT molecular complexity index is 1030. The predicted molar refractivity (Wildman–Crippen MR) is 103 cm³/mol. The normalized spacial score (nSPS) is 17.3. The van der Waals surface area contributed by atoms with E-state index in [4.69, 9.17) is 0 Å². The molecule has 0 atom stereocenters. The van der Waals surface area contributed by atoms with Crippen LogP contribution in [-0.4, -0.2) is 63.8 Å². The number of aromatic amines is 1. The summed E-state index contributed by atoms with van der Waals surface area (Å²) in [6.07, 6.45) is 5.15. The molecule has 1 N–H and O–H groups in total. The molecular weight excluding hydrogens is 366 g/mol. The minimum atomic E-state index is -3.30. The number of allylic oxidation sites excluding steroid dienone is 1. The number of hydrogen-bond acceptors (Lipinski definition) is 7. The van der Waals surface area contributed by atoms with Gasteiger partial charge in [-0.15, -0.1) is 0 Å². The lowest BCUT2D eigenvalue weighted by Crippen LogP contribution is -2.69. The van der Waals surface area contributed by atoms with Crippen molar-refractivity contribution in [2.75, 3.05) is 18.8 Å². The van der Waals surface area contributed by atoms with Crippen LogP contribution in [0.1, 0.15) is 26.0 Å². The number of hydrazone groups is 1. The quantitative estimate of drug-likeness (QED) is 0.569. The smallest absolute Gasteiger partial charge is 0.213 e. The number of hydrogen-bond donors (Lipinski definition) is 1. The van der Waals surface area contributed by atoms with Gasteiger partial charge in [-0.25, -0.2) is 18.4 Å². The molecule has 0 saturated carbocycles. The van der Waals surface area contributed by atoms with Crippen LogP contribution in [0.4, 0.5) is 0 Å². The first kappa shape index (κ1) is 19.0. The molecule has 142 valence electrons. The molecule has 0 radical (unpaired) electrons. The Kier molecular flexibility index (Phi) is 4.99. The van der Waals surface area contributed by atoms with Gasteiger partial charge in [0.1, 0.15) is 17.5 Å². The Labute approximate surface area is 158 Å². The van der Waals surface area contributed by atoms with Gasteiger partial charge in [0.2, 0.25) is 10.0 Å². The van der Waals surface area contributed by atoms with E-state index in [0.717, 1.165) is 22.3 Å². The molecular formula is C17H21N7O2S. The van der Waals surface area contributed by atoms with E-state index in [-0.39, 0.29) is 25.3 Å². The van der Waals surface area contributed by atoms with Crippen molar-refractivity contribution in [3.05, 3.63) is 30.5 Å². The van der Waals surface area contributed by atoms with E-state index in [1.165, 1.54) is 10.6 Å². The average molecular weight is 387 g/mol. The van der Waals surface area contributed by atoms with Crippen LogP contribution < -0.4 is 0 Å². The highest BCUT2D eigenvalue weighted by atomic mass is 32.2. The summed E-state index contributed by atoms with van der Waals surface area (Å²) < 4.78 is 25.6. The van der Waals surface area contributed by atoms with Crippen LogP contribution in [0.15, 0.2) is 29.9 Å². The van der Waals surface area contributed by atoms with E-state index in [2.05, 4.69) is 32.8 Å². The van der Waals surface area contributed by atoms with Gasteiger partial charge in [0.25, 0.3) is 0 Å². The average Bonchev–Trinajstić information content (AvgIpc) is 3.11. The number of rotatable bonds is 7. The Balaban J connectivity index is 1.93. The van der Waals surface area contributed by atoms with Gasteiger partial charge in [0.05, 0.1) is 23.9 Å². The third-order valence-corrected chi connectivity index (χ3v) is 6.56. The number of nitrogens with one attached hydrogen (secondary N) is 1. The Morgan fingerprint density at radius 1 is 1.56 bits per heavy atom. The molecule has 1 aliphatic rings. The van der Waals surface area contributed by atoms with Gasteiger partial charge >= 0.3 is 0 Å². The van der Waals surface area contributed by atoms with Crippen LogP contribution >= 0.6 is 0 Å². The fourth-order valence-corrected chi connectivity index (χ4v) is 4.47. The number of fused-ring (bicyclic) bond motifs is 1. The zero-order chi connectivity index (χ0) is 19.7. The van der Waals surface area contributed by atoms with Gasteiger partial charge in [-0.3, -0.25) is 5.01 Å². The molecule has 0 aliphatic carbocycles. The summed E-state index contributed by atoms with van der Waals surface area (Å²) in [5, 5.41) is 15.8. The van der Waals surface area contributed by atoms with E-state index in [1.54, 1.807) is 24.3 Å². The van der Waals surface area contributed by atoms with Crippen molar-refractivity contribution in [2.24, 2.45) is 5.10 Å². The van der Waals surface area contributed by atoms with Crippen molar-refractivity contribution < 1.29 is 8.42 Å². The summed E-state index contributed by atoms with van der Waals surface area (Å²) >= 11 is 0. The lowest BCUT2D eigenvalue weighted by Gasteiger charge is -2.51. The predicted octanol–water partition coefficient (Wildman–Crippen LogP) is 1.55. The van der Waals surface area contributed by atoms with Crippen molar-refractivity contribution in [3.8, 4) is 6.07 Å². The summed E-state index contributed by atoms with van der Waals surface area (Å²) in [6.45, 7) is 7.49. The van der Waals surface area contributed by atoms with E-state index in [0.29, 0.717) is 0 Å². The minimum absolute atomic E-state index is 0.0262. The number of aromatic nitrogens is 3. The summed E-state index contributed by atoms with van der Waals surface area (Å²) in [6, 6.07) is 4.03. The number of nitriles is 1. The van der Waals surface area contributed by atoms with E-state index in [9.17, 15) is 13.7 Å². The molecule has 0 bridgehead atoms. The first-order chi connectivity index (χ1) is 12.9. The topological polar surface area (TPSA) is 118 Å². The zero-order valence-corrected chi connectivity index (χ0v) is 16.1. The number of sulfonamides is 1. The standard InChI is InChI=1S/C17H21N7O2S/c1-4-27(25,26)23-10-17(11-23,6-7-18)24(19-3)9-13(2)15-14-5-8-20-16(14)22-12-21-15/h5,8-9,12H,3-4,6,10-11H2,1-2H3,(H,20,21,22). The Morgan fingerprint density at radius 3 is 2.93 bits per heavy atom. The van der Waals surface area contributed by atoms with Crippen molar-refractivity contribution in [1.29, 1.82) is 5.26 Å². The minimum Gasteiger partial charge on any atom is -0.346 e. The fourth-order valence-electron chi connectivity index (χ4n) is 3.23. The largest absolute Gasteiger partial charge is 0.346 e. The summed E-state index contributed by atoms with van der Waals surface area (Å²) in [5.41, 5.74) is 1.54. The van der Waals surface area contributed by atoms with Crippen LogP contribution in [0.25, 0.3) is 16.6 Å². The molecule has 3 heterocycles. The molecule has 1 aliphatic heterocycles. The summed E-state index contributed by atoms with van der Waals surface area (Å²) in [7, 11) is -3.30. The molecule has 3 rings (SSSR count). The molecule has 2 aromatic rings. The van der Waals surface area contributed by atoms with Gasteiger partial charge in [0.15, 0.2) is 0 Å². The molecule has 1 saturated heterocycles. The van der Waals surface area contributed by atoms with Crippen LogP contribution in [0.3, 0.4) is 0 Å². The van der Waals surface area contributed by atoms with Crippen molar-refractivity contribution >= 4 is 33.3 Å². The summed E-state index contributed by atoms with van der Waals surface area (Å²) in [4.78, 5) is 11.6. The molecule has 10 heteroatoms. The molecule has 1 fully saturated rings.